The molecule has 276 valence electrons. The van der Waals surface area contributed by atoms with E-state index in [1.54, 1.807) is 21.8 Å². The molecule has 3 aliphatic heterocycles. The molecule has 0 saturated carbocycles. The van der Waals surface area contributed by atoms with Crippen molar-refractivity contribution in [3.05, 3.63) is 106 Å². The summed E-state index contributed by atoms with van der Waals surface area (Å²) in [5, 5.41) is 23.0. The second kappa shape index (κ2) is 14.0. The molecule has 4 amide bonds. The fraction of sp³-hybridized carbons (Fsp3) is 0.359. The number of benzene rings is 3. The molecule has 8 rings (SSSR count). The summed E-state index contributed by atoms with van der Waals surface area (Å²) in [6.07, 6.45) is 0.284. The number of rotatable bonds is 9. The first-order valence-corrected chi connectivity index (χ1v) is 17.8. The fourth-order valence-corrected chi connectivity index (χ4v) is 8.08. The van der Waals surface area contributed by atoms with Gasteiger partial charge in [0.05, 0.1) is 31.9 Å². The molecule has 0 unspecified atom stereocenters. The molecule has 2 saturated heterocycles. The molecule has 3 aromatic carbocycles. The van der Waals surface area contributed by atoms with Crippen LogP contribution < -0.4 is 10.6 Å². The summed E-state index contributed by atoms with van der Waals surface area (Å²) in [5.74, 6) is -5.51. The number of nitrogens with one attached hydrogen (secondary N) is 2. The summed E-state index contributed by atoms with van der Waals surface area (Å²) in [6.45, 7) is 0.484. The number of nitrogens with zero attached hydrogens (tertiary/aromatic N) is 6. The van der Waals surface area contributed by atoms with Crippen LogP contribution in [0.25, 0.3) is 11.1 Å². The average Bonchev–Trinajstić information content (AvgIpc) is 4.00. The van der Waals surface area contributed by atoms with Crippen molar-refractivity contribution in [3.63, 3.8) is 0 Å². The van der Waals surface area contributed by atoms with Crippen LogP contribution in [0.15, 0.2) is 72.9 Å². The molecule has 1 aromatic heterocycles. The normalized spacial score (nSPS) is 20.9. The van der Waals surface area contributed by atoms with Gasteiger partial charge in [0.2, 0.25) is 17.7 Å². The van der Waals surface area contributed by atoms with Gasteiger partial charge in [-0.25, -0.2) is 18.3 Å². The van der Waals surface area contributed by atoms with Crippen molar-refractivity contribution in [2.45, 2.75) is 69.4 Å². The zero-order valence-electron chi connectivity index (χ0n) is 29.1. The van der Waals surface area contributed by atoms with E-state index in [4.69, 9.17) is 4.74 Å². The van der Waals surface area contributed by atoms with Crippen LogP contribution in [0.3, 0.4) is 0 Å². The van der Waals surface area contributed by atoms with Gasteiger partial charge in [0.25, 0.3) is 5.92 Å². The van der Waals surface area contributed by atoms with Gasteiger partial charge < -0.3 is 25.2 Å². The van der Waals surface area contributed by atoms with Crippen molar-refractivity contribution in [2.24, 2.45) is 5.92 Å². The predicted octanol–water partition coefficient (Wildman–Crippen LogP) is 3.86. The van der Waals surface area contributed by atoms with E-state index in [-0.39, 0.29) is 37.8 Å². The highest BCUT2D eigenvalue weighted by Gasteiger charge is 2.50. The molecule has 13 nitrogen and oxygen atoms in total. The van der Waals surface area contributed by atoms with Gasteiger partial charge in [0, 0.05) is 37.8 Å². The standard InChI is InChI=1S/C39H36F2N8O5/c40-39(41)14-27(15-42)49(22-39)37(52)34-12-25(36(51)44-34)13-35(50)47-17-23-6-5-7-24(32(23)20-47)18-48-19-26(45-46-48)16-43-38(53)54-21-33-30-10-3-1-8-28(30)29-9-2-4-11-31(29)33/h1-11,19,25,27,33-34H,12-14,16-18,20-22H2,(H,43,53)(H,44,51)/t25-,27-,34-/m0/s1. The van der Waals surface area contributed by atoms with Gasteiger partial charge in [0.15, 0.2) is 0 Å². The maximum atomic E-state index is 13.9. The minimum absolute atomic E-state index is 0.0134. The lowest BCUT2D eigenvalue weighted by molar-refractivity contribution is -0.135. The number of hydrogen-bond donors (Lipinski definition) is 2. The van der Waals surface area contributed by atoms with E-state index in [9.17, 15) is 33.2 Å². The molecule has 4 aromatic rings. The number of aromatic nitrogens is 3. The molecule has 0 spiro atoms. The number of ether oxygens (including phenoxy) is 1. The monoisotopic (exact) mass is 734 g/mol. The number of likely N-dealkylation sites (tertiary alicyclic amines) is 1. The maximum absolute atomic E-state index is 13.9. The van der Waals surface area contributed by atoms with Crippen LogP contribution in [-0.2, 0) is 45.3 Å². The first-order chi connectivity index (χ1) is 26.1. The van der Waals surface area contributed by atoms with E-state index in [1.165, 1.54) is 0 Å². The third kappa shape index (κ3) is 6.75. The van der Waals surface area contributed by atoms with Crippen LogP contribution in [0.5, 0.6) is 0 Å². The smallest absolute Gasteiger partial charge is 0.407 e. The molecule has 15 heteroatoms. The predicted molar refractivity (Wildman–Crippen MR) is 187 cm³/mol. The van der Waals surface area contributed by atoms with Crippen LogP contribution in [-0.4, -0.2) is 79.8 Å². The van der Waals surface area contributed by atoms with Crippen LogP contribution in [0.1, 0.15) is 58.7 Å². The number of carbonyl (C=O) groups excluding carboxylic acids is 4. The van der Waals surface area contributed by atoms with Crippen molar-refractivity contribution in [3.8, 4) is 17.2 Å². The number of alkyl halides is 2. The topological polar surface area (TPSA) is 163 Å². The Labute approximate surface area is 308 Å². The quantitative estimate of drug-likeness (QED) is 0.262. The summed E-state index contributed by atoms with van der Waals surface area (Å²) in [7, 11) is 0. The van der Waals surface area contributed by atoms with E-state index < -0.39 is 54.8 Å². The van der Waals surface area contributed by atoms with Crippen molar-refractivity contribution in [2.75, 3.05) is 13.2 Å². The Morgan fingerprint density at radius 1 is 1.02 bits per heavy atom. The second-order valence-electron chi connectivity index (χ2n) is 14.3. The van der Waals surface area contributed by atoms with E-state index in [2.05, 4.69) is 45.2 Å². The molecule has 1 aliphatic carbocycles. The highest BCUT2D eigenvalue weighted by atomic mass is 19.3. The molecular formula is C39H36F2N8O5. The molecule has 4 aliphatic rings. The second-order valence-corrected chi connectivity index (χ2v) is 14.3. The molecule has 2 N–H and O–H groups in total. The maximum Gasteiger partial charge on any atom is 0.407 e. The summed E-state index contributed by atoms with van der Waals surface area (Å²) in [5.41, 5.74) is 7.95. The number of alkyl carbamates (subject to hydrolysis) is 1. The number of hydrogen-bond acceptors (Lipinski definition) is 8. The Hall–Kier alpha value is -6.17. The van der Waals surface area contributed by atoms with E-state index in [0.29, 0.717) is 25.3 Å². The Balaban J connectivity index is 0.826. The lowest BCUT2D eigenvalue weighted by Gasteiger charge is -2.22. The lowest BCUT2D eigenvalue weighted by atomic mass is 9.98. The molecule has 54 heavy (non-hydrogen) atoms. The zero-order chi connectivity index (χ0) is 37.6. The SMILES string of the molecule is N#C[C@@H]1CC(F)(F)CN1C(=O)[C@@H]1C[C@@H](CC(=O)N2Cc3cccc(Cn4cc(CNC(=O)OCC5c6ccccc6-c6ccccc65)nn4)c3C2)C(=O)N1. The first kappa shape index (κ1) is 34.9. The van der Waals surface area contributed by atoms with Crippen molar-refractivity contribution >= 4 is 23.8 Å². The van der Waals surface area contributed by atoms with Gasteiger partial charge >= 0.3 is 6.09 Å². The molecule has 2 fully saturated rings. The Bertz CT molecular complexity index is 2160. The van der Waals surface area contributed by atoms with Gasteiger partial charge in [-0.2, -0.15) is 5.26 Å². The molecular weight excluding hydrogens is 698 g/mol. The minimum Gasteiger partial charge on any atom is -0.449 e. The largest absolute Gasteiger partial charge is 0.449 e. The van der Waals surface area contributed by atoms with Crippen molar-refractivity contribution < 1.29 is 32.7 Å². The van der Waals surface area contributed by atoms with Gasteiger partial charge in [0.1, 0.15) is 24.4 Å². The first-order valence-electron chi connectivity index (χ1n) is 17.8. The third-order valence-corrected chi connectivity index (χ3v) is 10.7. The van der Waals surface area contributed by atoms with Crippen molar-refractivity contribution in [1.29, 1.82) is 5.26 Å². The summed E-state index contributed by atoms with van der Waals surface area (Å²) >= 11 is 0. The van der Waals surface area contributed by atoms with Gasteiger partial charge in [-0.15, -0.1) is 5.10 Å². The molecule has 3 atom stereocenters. The van der Waals surface area contributed by atoms with Crippen LogP contribution in [0.2, 0.25) is 0 Å². The van der Waals surface area contributed by atoms with E-state index >= 15 is 0 Å². The summed E-state index contributed by atoms with van der Waals surface area (Å²) in [4.78, 5) is 54.3. The molecule has 0 radical (unpaired) electrons. The summed E-state index contributed by atoms with van der Waals surface area (Å²) < 4.78 is 35.1. The number of carbonyl (C=O) groups is 4. The number of fused-ring (bicyclic) bond motifs is 4. The molecule has 0 bridgehead atoms. The van der Waals surface area contributed by atoms with Crippen molar-refractivity contribution in [1.82, 2.24) is 35.4 Å². The minimum atomic E-state index is -3.17. The van der Waals surface area contributed by atoms with Crippen LogP contribution in [0, 0.1) is 17.2 Å². The lowest BCUT2D eigenvalue weighted by Crippen LogP contribution is -2.46. The molecule has 4 heterocycles. The van der Waals surface area contributed by atoms with Crippen LogP contribution >= 0.6 is 0 Å². The fourth-order valence-electron chi connectivity index (χ4n) is 8.08. The summed E-state index contributed by atoms with van der Waals surface area (Å²) in [6, 6.07) is 21.5. The zero-order valence-corrected chi connectivity index (χ0v) is 29.1. The van der Waals surface area contributed by atoms with E-state index in [0.717, 1.165) is 43.8 Å². The average molecular weight is 735 g/mol. The highest BCUT2D eigenvalue weighted by molar-refractivity contribution is 5.94. The van der Waals surface area contributed by atoms with Crippen LogP contribution in [0.4, 0.5) is 13.6 Å². The highest BCUT2D eigenvalue weighted by Crippen LogP contribution is 2.44. The Morgan fingerprint density at radius 3 is 2.50 bits per heavy atom. The van der Waals surface area contributed by atoms with Gasteiger partial charge in [-0.1, -0.05) is 71.9 Å². The Morgan fingerprint density at radius 2 is 1.76 bits per heavy atom. The van der Waals surface area contributed by atoms with E-state index in [1.807, 2.05) is 42.5 Å². The number of amides is 4. The van der Waals surface area contributed by atoms with Gasteiger partial charge in [-0.3, -0.25) is 14.4 Å². The third-order valence-electron chi connectivity index (χ3n) is 10.7. The number of nitriles is 1. The number of halogens is 2. The Kier molecular flexibility index (Phi) is 9.04. The van der Waals surface area contributed by atoms with Gasteiger partial charge in [-0.05, 0) is 45.4 Å².